The van der Waals surface area contributed by atoms with Gasteiger partial charge in [0.15, 0.2) is 17.5 Å². The zero-order valence-corrected chi connectivity index (χ0v) is 25.3. The number of nitrogens with zero attached hydrogens (tertiary/aromatic N) is 2. The van der Waals surface area contributed by atoms with Gasteiger partial charge in [-0.2, -0.15) is 8.78 Å². The van der Waals surface area contributed by atoms with E-state index in [2.05, 4.69) is 26.4 Å². The normalized spacial score (nSPS) is 11.9. The van der Waals surface area contributed by atoms with Crippen LogP contribution in [0, 0.1) is 29.1 Å². The summed E-state index contributed by atoms with van der Waals surface area (Å²) in [5.74, 6) is -9.39. The van der Waals surface area contributed by atoms with Crippen molar-refractivity contribution in [3.8, 4) is 45.1 Å². The molecule has 0 aliphatic carbocycles. The Hall–Kier alpha value is -5.14. The maximum absolute atomic E-state index is 15.0. The van der Waals surface area contributed by atoms with Crippen LogP contribution < -0.4 is 9.47 Å². The van der Waals surface area contributed by atoms with Gasteiger partial charge in [0.05, 0.1) is 5.56 Å². The van der Waals surface area contributed by atoms with E-state index in [1.807, 2.05) is 0 Å². The summed E-state index contributed by atoms with van der Waals surface area (Å²) in [6.45, 7) is 2.07. The van der Waals surface area contributed by atoms with Crippen molar-refractivity contribution >= 4 is 0 Å². The van der Waals surface area contributed by atoms with E-state index in [-0.39, 0.29) is 22.5 Å². The minimum atomic E-state index is -5.38. The molecule has 0 bridgehead atoms. The number of rotatable bonds is 11. The molecule has 49 heavy (non-hydrogen) atoms. The molecule has 1 heterocycles. The molecule has 0 radical (unpaired) electrons. The van der Waals surface area contributed by atoms with Crippen molar-refractivity contribution in [1.29, 1.82) is 0 Å². The van der Waals surface area contributed by atoms with Gasteiger partial charge in [-0.05, 0) is 72.0 Å². The van der Waals surface area contributed by atoms with Crippen LogP contribution in [0.2, 0.25) is 0 Å². The van der Waals surface area contributed by atoms with Crippen LogP contribution in [0.1, 0.15) is 37.3 Å². The average Bonchev–Trinajstić information content (AvgIpc) is 3.02. The third-order valence-electron chi connectivity index (χ3n) is 7.31. The highest BCUT2D eigenvalue weighted by atomic mass is 19.4. The first-order valence-corrected chi connectivity index (χ1v) is 14.7. The Morgan fingerprint density at radius 3 is 1.76 bits per heavy atom. The Balaban J connectivity index is 1.31. The second-order valence-corrected chi connectivity index (χ2v) is 10.8. The summed E-state index contributed by atoms with van der Waals surface area (Å²) in [5, 5.41) is 0. The highest BCUT2D eigenvalue weighted by Gasteiger charge is 2.38. The van der Waals surface area contributed by atoms with Crippen LogP contribution >= 0.6 is 0 Å². The van der Waals surface area contributed by atoms with E-state index in [1.54, 1.807) is 12.4 Å². The summed E-state index contributed by atoms with van der Waals surface area (Å²) >= 11 is 0. The van der Waals surface area contributed by atoms with Gasteiger partial charge >= 0.3 is 12.5 Å². The molecule has 4 nitrogen and oxygen atoms in total. The second-order valence-electron chi connectivity index (χ2n) is 10.8. The lowest BCUT2D eigenvalue weighted by atomic mass is 9.99. The van der Waals surface area contributed by atoms with Crippen molar-refractivity contribution in [2.24, 2.45) is 0 Å². The van der Waals surface area contributed by atoms with Crippen molar-refractivity contribution in [1.82, 2.24) is 9.97 Å². The molecule has 0 aliphatic heterocycles. The third-order valence-corrected chi connectivity index (χ3v) is 7.31. The molecule has 256 valence electrons. The fourth-order valence-corrected chi connectivity index (χ4v) is 4.94. The highest BCUT2D eigenvalue weighted by molar-refractivity contribution is 5.72. The Kier molecular flexibility index (Phi) is 10.2. The molecule has 0 fully saturated rings. The third kappa shape index (κ3) is 8.30. The van der Waals surface area contributed by atoms with Crippen LogP contribution in [0.4, 0.5) is 43.9 Å². The number of alkyl halides is 5. The van der Waals surface area contributed by atoms with Crippen LogP contribution in [0.3, 0.4) is 0 Å². The van der Waals surface area contributed by atoms with Crippen LogP contribution in [0.15, 0.2) is 79.1 Å². The van der Waals surface area contributed by atoms with Gasteiger partial charge in [-0.15, -0.1) is 13.2 Å². The average molecular weight is 695 g/mol. The van der Waals surface area contributed by atoms with Crippen LogP contribution in [-0.4, -0.2) is 16.3 Å². The van der Waals surface area contributed by atoms with E-state index in [9.17, 15) is 30.7 Å². The smallest absolute Gasteiger partial charge is 0.429 e. The molecule has 0 amide bonds. The molecule has 5 rings (SSSR count). The quantitative estimate of drug-likeness (QED) is 0.102. The maximum atomic E-state index is 15.0. The number of hydrogen-bond acceptors (Lipinski definition) is 4. The Labute approximate surface area is 273 Å². The maximum Gasteiger partial charge on any atom is 0.573 e. The molecule has 4 aromatic carbocycles. The minimum Gasteiger partial charge on any atom is -0.429 e. The first kappa shape index (κ1) is 35.2. The summed E-state index contributed by atoms with van der Waals surface area (Å²) in [5.41, 5.74) is -1.46. The fraction of sp³-hybridized carbons (Fsp3) is 0.200. The Morgan fingerprint density at radius 2 is 1.16 bits per heavy atom. The molecular weight excluding hydrogens is 670 g/mol. The molecule has 0 saturated carbocycles. The lowest BCUT2D eigenvalue weighted by Gasteiger charge is -2.19. The number of halogens is 10. The van der Waals surface area contributed by atoms with Crippen molar-refractivity contribution in [2.75, 3.05) is 0 Å². The number of aromatic nitrogens is 2. The molecule has 0 atom stereocenters. The van der Waals surface area contributed by atoms with E-state index in [0.717, 1.165) is 73.7 Å². The summed E-state index contributed by atoms with van der Waals surface area (Å²) in [6.07, 6.45) is -2.65. The van der Waals surface area contributed by atoms with E-state index >= 15 is 13.2 Å². The van der Waals surface area contributed by atoms with Gasteiger partial charge in [-0.1, -0.05) is 38.0 Å². The number of ether oxygens (including phenoxy) is 2. The molecular formula is C35H24F10N2O2. The van der Waals surface area contributed by atoms with Gasteiger partial charge in [0.2, 0.25) is 5.75 Å². The van der Waals surface area contributed by atoms with Crippen molar-refractivity contribution in [2.45, 2.75) is 45.1 Å². The molecule has 14 heteroatoms. The largest absolute Gasteiger partial charge is 0.573 e. The molecule has 0 unspecified atom stereocenters. The van der Waals surface area contributed by atoms with Gasteiger partial charge in [-0.25, -0.2) is 31.9 Å². The van der Waals surface area contributed by atoms with E-state index in [0.29, 0.717) is 18.2 Å². The second kappa shape index (κ2) is 14.1. The molecule has 0 N–H and O–H groups in total. The van der Waals surface area contributed by atoms with Crippen molar-refractivity contribution < 1.29 is 53.4 Å². The Morgan fingerprint density at radius 1 is 0.592 bits per heavy atom. The predicted octanol–water partition coefficient (Wildman–Crippen LogP) is 10.9. The van der Waals surface area contributed by atoms with Gasteiger partial charge in [0.1, 0.15) is 23.2 Å². The standard InChI is InChI=1S/C35H24F10N2O2/c1-2-3-4-5-19-17-46-33(47-18-19)21-7-11-26(29(38)13-21)34(41,42)48-23-8-10-24(28(37)16-23)20-6-9-25(27(36)12-20)22-14-30(39)32(31(40)15-22)49-35(43,44)45/h6-18H,2-5H2,1H3. The van der Waals surface area contributed by atoms with Gasteiger partial charge in [-0.3, -0.25) is 0 Å². The molecule has 1 aromatic heterocycles. The monoisotopic (exact) mass is 694 g/mol. The first-order chi connectivity index (χ1) is 23.1. The first-order valence-electron chi connectivity index (χ1n) is 14.7. The molecule has 0 saturated heterocycles. The molecule has 5 aromatic rings. The van der Waals surface area contributed by atoms with Crippen LogP contribution in [-0.2, 0) is 12.5 Å². The van der Waals surface area contributed by atoms with Gasteiger partial charge in [0, 0.05) is 35.2 Å². The van der Waals surface area contributed by atoms with Crippen molar-refractivity contribution in [3.63, 3.8) is 0 Å². The topological polar surface area (TPSA) is 44.2 Å². The number of aryl methyl sites for hydroxylation is 1. The number of hydrogen-bond donors (Lipinski definition) is 0. The lowest BCUT2D eigenvalue weighted by molar-refractivity contribution is -0.276. The molecule has 0 aliphatic rings. The zero-order chi connectivity index (χ0) is 35.5. The van der Waals surface area contributed by atoms with E-state index in [1.165, 1.54) is 6.07 Å². The minimum absolute atomic E-state index is 0.129. The van der Waals surface area contributed by atoms with E-state index in [4.69, 9.17) is 0 Å². The van der Waals surface area contributed by atoms with Crippen molar-refractivity contribution in [3.05, 3.63) is 119 Å². The highest BCUT2D eigenvalue weighted by Crippen LogP contribution is 2.38. The lowest BCUT2D eigenvalue weighted by Crippen LogP contribution is -2.23. The summed E-state index contributed by atoms with van der Waals surface area (Å²) in [7, 11) is 0. The summed E-state index contributed by atoms with van der Waals surface area (Å²) in [6, 6.07) is 9.03. The predicted molar refractivity (Wildman–Crippen MR) is 159 cm³/mol. The van der Waals surface area contributed by atoms with Gasteiger partial charge < -0.3 is 9.47 Å². The fourth-order valence-electron chi connectivity index (χ4n) is 4.94. The van der Waals surface area contributed by atoms with Crippen LogP contribution in [0.5, 0.6) is 11.5 Å². The Bertz CT molecular complexity index is 1940. The zero-order valence-electron chi connectivity index (χ0n) is 25.3. The summed E-state index contributed by atoms with van der Waals surface area (Å²) in [4.78, 5) is 8.37. The number of unbranched alkanes of at least 4 members (excludes halogenated alkanes) is 2. The van der Waals surface area contributed by atoms with E-state index < -0.39 is 69.7 Å². The number of benzene rings is 4. The summed E-state index contributed by atoms with van der Waals surface area (Å²) < 4.78 is 149. The van der Waals surface area contributed by atoms with Crippen LogP contribution in [0.25, 0.3) is 33.6 Å². The molecule has 0 spiro atoms. The van der Waals surface area contributed by atoms with Gasteiger partial charge in [0.25, 0.3) is 0 Å². The SMILES string of the molecule is CCCCCc1cnc(-c2ccc(C(F)(F)Oc3ccc(-c4ccc(-c5cc(F)c(OC(F)(F)F)c(F)c5)c(F)c4)c(F)c3)c(F)c2)nc1.